The summed E-state index contributed by atoms with van der Waals surface area (Å²) in [6.07, 6.45) is 2.58. The number of pyridine rings is 1. The molecule has 3 aromatic carbocycles. The van der Waals surface area contributed by atoms with Gasteiger partial charge in [0.15, 0.2) is 0 Å². The highest BCUT2D eigenvalue weighted by Gasteiger charge is 2.37. The first-order valence-electron chi connectivity index (χ1n) is 11.5. The first kappa shape index (κ1) is 22.9. The molecule has 0 spiro atoms. The SMILES string of the molecule is N#Cc1ccccc1C1(O)CCN(C(=O)c2ccc(NSc3cccc4cccnc34)cc2)CC1. The van der Waals surface area contributed by atoms with Crippen molar-refractivity contribution in [1.29, 1.82) is 5.26 Å². The number of aromatic nitrogens is 1. The number of nitrogens with zero attached hydrogens (tertiary/aromatic N) is 3. The van der Waals surface area contributed by atoms with Crippen molar-refractivity contribution >= 4 is 34.4 Å². The van der Waals surface area contributed by atoms with Crippen molar-refractivity contribution in [1.82, 2.24) is 9.88 Å². The summed E-state index contributed by atoms with van der Waals surface area (Å²) in [6, 6.07) is 26.8. The quantitative estimate of drug-likeness (QED) is 0.374. The minimum Gasteiger partial charge on any atom is -0.385 e. The molecular formula is C28H24N4O2S. The lowest BCUT2D eigenvalue weighted by Gasteiger charge is -2.39. The monoisotopic (exact) mass is 480 g/mol. The Morgan fingerprint density at radius 2 is 1.74 bits per heavy atom. The van der Waals surface area contributed by atoms with E-state index in [0.29, 0.717) is 42.6 Å². The molecule has 0 unspecified atom stereocenters. The van der Waals surface area contributed by atoms with Gasteiger partial charge in [0.25, 0.3) is 5.91 Å². The van der Waals surface area contributed by atoms with Gasteiger partial charge < -0.3 is 14.7 Å². The Morgan fingerprint density at radius 3 is 2.51 bits per heavy atom. The predicted octanol–water partition coefficient (Wildman–Crippen LogP) is 5.35. The standard InChI is InChI=1S/C28H24N4O2S/c29-19-22-5-1-2-8-24(22)28(34)14-17-32(18-15-28)27(33)21-10-12-23(13-11-21)31-35-25-9-3-6-20-7-4-16-30-26(20)25/h1-13,16,31,34H,14-15,17-18H2. The number of benzene rings is 3. The van der Waals surface area contributed by atoms with Crippen LogP contribution in [-0.2, 0) is 5.60 Å². The first-order chi connectivity index (χ1) is 17.1. The zero-order valence-electron chi connectivity index (χ0n) is 19.0. The average Bonchev–Trinajstić information content (AvgIpc) is 2.92. The largest absolute Gasteiger partial charge is 0.385 e. The van der Waals surface area contributed by atoms with E-state index in [1.54, 1.807) is 29.3 Å². The minimum atomic E-state index is -1.09. The van der Waals surface area contributed by atoms with E-state index in [1.165, 1.54) is 11.9 Å². The Morgan fingerprint density at radius 1 is 1.00 bits per heavy atom. The molecule has 0 atom stereocenters. The van der Waals surface area contributed by atoms with E-state index >= 15 is 0 Å². The number of piperidine rings is 1. The molecule has 7 heteroatoms. The zero-order chi connectivity index (χ0) is 24.3. The number of nitrogens with one attached hydrogen (secondary N) is 1. The second kappa shape index (κ2) is 9.79. The Kier molecular flexibility index (Phi) is 6.41. The molecule has 2 heterocycles. The zero-order valence-corrected chi connectivity index (χ0v) is 19.8. The molecule has 0 radical (unpaired) electrons. The van der Waals surface area contributed by atoms with E-state index in [9.17, 15) is 15.2 Å². The number of nitriles is 1. The third-order valence-corrected chi connectivity index (χ3v) is 7.32. The number of carbonyl (C=O) groups excluding carboxylic acids is 1. The van der Waals surface area contributed by atoms with Gasteiger partial charge in [-0.15, -0.1) is 0 Å². The summed E-state index contributed by atoms with van der Waals surface area (Å²) < 4.78 is 3.33. The van der Waals surface area contributed by atoms with Crippen molar-refractivity contribution < 1.29 is 9.90 Å². The maximum atomic E-state index is 13.1. The fourth-order valence-electron chi connectivity index (χ4n) is 4.47. The van der Waals surface area contributed by atoms with E-state index < -0.39 is 5.60 Å². The smallest absolute Gasteiger partial charge is 0.253 e. The number of amides is 1. The second-order valence-electron chi connectivity index (χ2n) is 8.59. The highest BCUT2D eigenvalue weighted by molar-refractivity contribution is 8.00. The molecule has 6 nitrogen and oxygen atoms in total. The number of anilines is 1. The van der Waals surface area contributed by atoms with Gasteiger partial charge in [0.2, 0.25) is 0 Å². The number of fused-ring (bicyclic) bond motifs is 1. The van der Waals surface area contributed by atoms with Gasteiger partial charge in [-0.05, 0) is 67.3 Å². The molecule has 1 aliphatic heterocycles. The third-order valence-electron chi connectivity index (χ3n) is 6.43. The topological polar surface area (TPSA) is 89.2 Å². The number of hydrogen-bond acceptors (Lipinski definition) is 6. The summed E-state index contributed by atoms with van der Waals surface area (Å²) in [5.41, 5.74) is 2.47. The van der Waals surface area contributed by atoms with Crippen LogP contribution in [0.15, 0.2) is 90.0 Å². The van der Waals surface area contributed by atoms with Crippen LogP contribution in [0, 0.1) is 11.3 Å². The van der Waals surface area contributed by atoms with E-state index in [1.807, 2.05) is 60.7 Å². The maximum Gasteiger partial charge on any atom is 0.253 e. The number of para-hydroxylation sites is 1. The molecule has 1 aromatic heterocycles. The summed E-state index contributed by atoms with van der Waals surface area (Å²) in [5.74, 6) is -0.0573. The van der Waals surface area contributed by atoms with Crippen LogP contribution in [-0.4, -0.2) is 34.0 Å². The van der Waals surface area contributed by atoms with Crippen LogP contribution in [0.4, 0.5) is 5.69 Å². The van der Waals surface area contributed by atoms with Gasteiger partial charge >= 0.3 is 0 Å². The molecule has 5 rings (SSSR count). The second-order valence-corrected chi connectivity index (χ2v) is 9.44. The molecule has 0 bridgehead atoms. The van der Waals surface area contributed by atoms with Gasteiger partial charge in [-0.25, -0.2) is 0 Å². The summed E-state index contributed by atoms with van der Waals surface area (Å²) in [7, 11) is 0. The van der Waals surface area contributed by atoms with Crippen LogP contribution in [0.5, 0.6) is 0 Å². The van der Waals surface area contributed by atoms with Gasteiger partial charge in [0.1, 0.15) is 0 Å². The van der Waals surface area contributed by atoms with Gasteiger partial charge in [-0.3, -0.25) is 9.78 Å². The van der Waals surface area contributed by atoms with Crippen LogP contribution in [0.25, 0.3) is 10.9 Å². The highest BCUT2D eigenvalue weighted by Crippen LogP contribution is 2.35. The van der Waals surface area contributed by atoms with E-state index in [4.69, 9.17) is 0 Å². The van der Waals surface area contributed by atoms with E-state index in [2.05, 4.69) is 15.8 Å². The molecule has 174 valence electrons. The van der Waals surface area contributed by atoms with Crippen molar-refractivity contribution in [3.63, 3.8) is 0 Å². The van der Waals surface area contributed by atoms with Crippen LogP contribution < -0.4 is 4.72 Å². The van der Waals surface area contributed by atoms with Crippen molar-refractivity contribution in [2.45, 2.75) is 23.3 Å². The Balaban J connectivity index is 1.21. The number of likely N-dealkylation sites (tertiary alicyclic amines) is 1. The Bertz CT molecular complexity index is 1400. The lowest BCUT2D eigenvalue weighted by Crippen LogP contribution is -2.45. The molecule has 1 fully saturated rings. The van der Waals surface area contributed by atoms with Crippen molar-refractivity contribution in [2.24, 2.45) is 0 Å². The van der Waals surface area contributed by atoms with Crippen LogP contribution in [0.3, 0.4) is 0 Å². The predicted molar refractivity (Wildman–Crippen MR) is 138 cm³/mol. The van der Waals surface area contributed by atoms with Crippen LogP contribution >= 0.6 is 11.9 Å². The van der Waals surface area contributed by atoms with Gasteiger partial charge in [0.05, 0.1) is 27.6 Å². The highest BCUT2D eigenvalue weighted by atomic mass is 32.2. The van der Waals surface area contributed by atoms with Gasteiger partial charge in [0, 0.05) is 41.5 Å². The van der Waals surface area contributed by atoms with E-state index in [-0.39, 0.29) is 5.91 Å². The molecule has 1 aliphatic rings. The number of rotatable bonds is 5. The number of aliphatic hydroxyl groups is 1. The van der Waals surface area contributed by atoms with Crippen molar-refractivity contribution in [3.05, 3.63) is 102 Å². The van der Waals surface area contributed by atoms with Gasteiger partial charge in [-0.1, -0.05) is 36.4 Å². The van der Waals surface area contributed by atoms with Crippen LogP contribution in [0.1, 0.15) is 34.3 Å². The summed E-state index contributed by atoms with van der Waals surface area (Å²) in [4.78, 5) is 20.3. The fourth-order valence-corrected chi connectivity index (χ4v) is 5.25. The normalized spacial score (nSPS) is 14.9. The minimum absolute atomic E-state index is 0.0573. The van der Waals surface area contributed by atoms with E-state index in [0.717, 1.165) is 21.5 Å². The number of hydrogen-bond donors (Lipinski definition) is 2. The fraction of sp³-hybridized carbons (Fsp3) is 0.179. The molecule has 35 heavy (non-hydrogen) atoms. The van der Waals surface area contributed by atoms with Gasteiger partial charge in [-0.2, -0.15) is 5.26 Å². The Labute approximate surface area is 208 Å². The molecule has 1 saturated heterocycles. The summed E-state index contributed by atoms with van der Waals surface area (Å²) >= 11 is 1.49. The molecule has 1 amide bonds. The molecule has 0 aliphatic carbocycles. The molecule has 2 N–H and O–H groups in total. The van der Waals surface area contributed by atoms with Crippen molar-refractivity contribution in [2.75, 3.05) is 17.8 Å². The molecule has 4 aromatic rings. The molecular weight excluding hydrogens is 456 g/mol. The average molecular weight is 481 g/mol. The van der Waals surface area contributed by atoms with Crippen molar-refractivity contribution in [3.8, 4) is 6.07 Å². The maximum absolute atomic E-state index is 13.1. The first-order valence-corrected chi connectivity index (χ1v) is 12.3. The van der Waals surface area contributed by atoms with Crippen LogP contribution in [0.2, 0.25) is 0 Å². The molecule has 0 saturated carbocycles. The number of carbonyl (C=O) groups is 1. The third kappa shape index (κ3) is 4.72. The summed E-state index contributed by atoms with van der Waals surface area (Å²) in [6.45, 7) is 0.859. The lowest BCUT2D eigenvalue weighted by molar-refractivity contribution is -0.0213. The lowest BCUT2D eigenvalue weighted by atomic mass is 9.82. The summed E-state index contributed by atoms with van der Waals surface area (Å²) in [5, 5.41) is 21.7. The Hall–Kier alpha value is -3.86.